The van der Waals surface area contributed by atoms with Crippen LogP contribution >= 0.6 is 0 Å². The molecule has 2 aromatic heterocycles. The van der Waals surface area contributed by atoms with E-state index in [1.807, 2.05) is 24.3 Å². The number of rotatable bonds is 12. The Morgan fingerprint density at radius 1 is 1.05 bits per heavy atom. The molecule has 9 nitrogen and oxygen atoms in total. The van der Waals surface area contributed by atoms with Gasteiger partial charge in [0.05, 0.1) is 30.1 Å². The molecule has 10 heteroatoms. The number of hydrogen-bond acceptors (Lipinski definition) is 8. The third-order valence-electron chi connectivity index (χ3n) is 7.48. The fraction of sp³-hybridized carbons (Fsp3) is 0.344. The number of carbonyl (C=O) groups excluding carboxylic acids is 1. The van der Waals surface area contributed by atoms with Crippen molar-refractivity contribution in [3.8, 4) is 22.8 Å². The molecule has 0 N–H and O–H groups in total. The van der Waals surface area contributed by atoms with Gasteiger partial charge in [-0.1, -0.05) is 55.8 Å². The molecule has 4 aromatic rings. The van der Waals surface area contributed by atoms with Crippen molar-refractivity contribution in [3.05, 3.63) is 93.9 Å². The van der Waals surface area contributed by atoms with E-state index in [-0.39, 0.29) is 28.1 Å². The smallest absolute Gasteiger partial charge is 0.264 e. The third kappa shape index (κ3) is 6.33. The van der Waals surface area contributed by atoms with Gasteiger partial charge in [0.25, 0.3) is 5.56 Å². The Kier molecular flexibility index (Phi) is 8.63. The highest BCUT2D eigenvalue weighted by Crippen LogP contribution is 2.33. The van der Waals surface area contributed by atoms with Gasteiger partial charge < -0.3 is 4.74 Å². The summed E-state index contributed by atoms with van der Waals surface area (Å²) < 4.78 is 32.9. The predicted molar refractivity (Wildman–Crippen MR) is 160 cm³/mol. The Hall–Kier alpha value is -4.18. The maximum absolute atomic E-state index is 13.8. The van der Waals surface area contributed by atoms with Crippen LogP contribution in [0.2, 0.25) is 0 Å². The molecular weight excluding hydrogens is 552 g/mol. The standard InChI is InChI=1S/C32H34N4O5S/c1-4-5-9-28-27(31(38)36(21(2)35-28)32-33-18-25(41-3)19-34-32)17-22-11-13-23(14-12-22)26-8-6-7-10-30(26)42(39,40)20-29(37)24-15-16-24/h6-8,10-14,18-19,24H,4-5,9,15-17,20H2,1-3H3. The van der Waals surface area contributed by atoms with E-state index in [1.54, 1.807) is 31.2 Å². The first-order valence-electron chi connectivity index (χ1n) is 14.1. The van der Waals surface area contributed by atoms with Crippen molar-refractivity contribution in [1.29, 1.82) is 0 Å². The molecule has 2 heterocycles. The Labute approximate surface area is 245 Å². The zero-order valence-corrected chi connectivity index (χ0v) is 24.9. The number of hydrogen-bond donors (Lipinski definition) is 0. The summed E-state index contributed by atoms with van der Waals surface area (Å²) in [7, 11) is -2.26. The van der Waals surface area contributed by atoms with E-state index in [1.165, 1.54) is 24.1 Å². The lowest BCUT2D eigenvalue weighted by atomic mass is 9.98. The summed E-state index contributed by atoms with van der Waals surface area (Å²) in [6, 6.07) is 14.3. The molecule has 0 radical (unpaired) electrons. The van der Waals surface area contributed by atoms with Gasteiger partial charge in [0.1, 0.15) is 11.6 Å². The van der Waals surface area contributed by atoms with Crippen LogP contribution in [0.5, 0.6) is 5.75 Å². The minimum absolute atomic E-state index is 0.120. The van der Waals surface area contributed by atoms with Crippen LogP contribution < -0.4 is 10.3 Å². The largest absolute Gasteiger partial charge is 0.494 e. The molecule has 1 fully saturated rings. The Bertz CT molecular complexity index is 1760. The second-order valence-corrected chi connectivity index (χ2v) is 12.6. The molecular formula is C32H34N4O5S. The van der Waals surface area contributed by atoms with Gasteiger partial charge >= 0.3 is 0 Å². The van der Waals surface area contributed by atoms with E-state index in [0.717, 1.165) is 36.9 Å². The summed E-state index contributed by atoms with van der Waals surface area (Å²) in [5, 5.41) is 0. The van der Waals surface area contributed by atoms with Gasteiger partial charge in [-0.2, -0.15) is 0 Å². The molecule has 1 aliphatic rings. The van der Waals surface area contributed by atoms with Crippen molar-refractivity contribution in [1.82, 2.24) is 19.5 Å². The zero-order valence-electron chi connectivity index (χ0n) is 24.0. The first-order chi connectivity index (χ1) is 20.2. The Morgan fingerprint density at radius 3 is 2.38 bits per heavy atom. The molecule has 1 saturated carbocycles. The van der Waals surface area contributed by atoms with Gasteiger partial charge in [-0.15, -0.1) is 0 Å². The molecule has 0 unspecified atom stereocenters. The summed E-state index contributed by atoms with van der Waals surface area (Å²) >= 11 is 0. The quantitative estimate of drug-likeness (QED) is 0.234. The van der Waals surface area contributed by atoms with Crippen LogP contribution in [0.1, 0.15) is 55.3 Å². The van der Waals surface area contributed by atoms with Crippen molar-refractivity contribution >= 4 is 15.6 Å². The first-order valence-corrected chi connectivity index (χ1v) is 15.8. The highest BCUT2D eigenvalue weighted by Gasteiger charge is 2.33. The number of benzene rings is 2. The fourth-order valence-electron chi connectivity index (χ4n) is 4.98. The van der Waals surface area contributed by atoms with E-state index in [0.29, 0.717) is 41.1 Å². The van der Waals surface area contributed by atoms with Gasteiger partial charge in [-0.25, -0.2) is 27.9 Å². The van der Waals surface area contributed by atoms with E-state index in [9.17, 15) is 18.0 Å². The van der Waals surface area contributed by atoms with Crippen molar-refractivity contribution in [2.45, 2.75) is 57.3 Å². The molecule has 0 amide bonds. The fourth-order valence-corrected chi connectivity index (χ4v) is 6.56. The summed E-state index contributed by atoms with van der Waals surface area (Å²) in [5.74, 6) is 0.414. The lowest BCUT2D eigenvalue weighted by molar-refractivity contribution is -0.117. The predicted octanol–water partition coefficient (Wildman–Crippen LogP) is 4.69. The monoisotopic (exact) mass is 586 g/mol. The van der Waals surface area contributed by atoms with Crippen molar-refractivity contribution < 1.29 is 17.9 Å². The molecule has 0 atom stereocenters. The molecule has 1 aliphatic carbocycles. The third-order valence-corrected chi connectivity index (χ3v) is 9.17. The number of Topliss-reactive ketones (excluding diaryl/α,β-unsaturated/α-hetero) is 1. The number of ketones is 1. The minimum atomic E-state index is -3.78. The number of aryl methyl sites for hydroxylation is 2. The van der Waals surface area contributed by atoms with Crippen LogP contribution in [-0.4, -0.2) is 46.6 Å². The number of nitrogens with zero attached hydrogens (tertiary/aromatic N) is 4. The Morgan fingerprint density at radius 2 is 1.74 bits per heavy atom. The molecule has 218 valence electrons. The maximum Gasteiger partial charge on any atom is 0.264 e. The van der Waals surface area contributed by atoms with Crippen LogP contribution in [0.15, 0.2) is 70.6 Å². The van der Waals surface area contributed by atoms with Crippen molar-refractivity contribution in [3.63, 3.8) is 0 Å². The SMILES string of the molecule is CCCCc1nc(C)n(-c2ncc(OC)cn2)c(=O)c1Cc1ccc(-c2ccccc2S(=O)(=O)CC(=O)C2CC2)cc1. The highest BCUT2D eigenvalue weighted by atomic mass is 32.2. The van der Waals surface area contributed by atoms with Crippen molar-refractivity contribution in [2.24, 2.45) is 5.92 Å². The number of carbonyl (C=O) groups is 1. The number of aromatic nitrogens is 4. The van der Waals surface area contributed by atoms with Gasteiger partial charge in [0.2, 0.25) is 5.95 Å². The van der Waals surface area contributed by atoms with E-state index in [2.05, 4.69) is 16.9 Å². The Balaban J connectivity index is 1.47. The summed E-state index contributed by atoms with van der Waals surface area (Å²) in [5.41, 5.74) is 3.25. The zero-order chi connectivity index (χ0) is 29.9. The normalized spacial score (nSPS) is 13.2. The summed E-state index contributed by atoms with van der Waals surface area (Å²) in [6.07, 6.45) is 7.45. The van der Waals surface area contributed by atoms with Crippen LogP contribution in [0.3, 0.4) is 0 Å². The highest BCUT2D eigenvalue weighted by molar-refractivity contribution is 7.92. The lowest BCUT2D eigenvalue weighted by Crippen LogP contribution is -2.29. The molecule has 0 spiro atoms. The van der Waals surface area contributed by atoms with E-state index >= 15 is 0 Å². The minimum Gasteiger partial charge on any atom is -0.494 e. The van der Waals surface area contributed by atoms with Gasteiger partial charge in [0.15, 0.2) is 21.4 Å². The maximum atomic E-state index is 13.8. The van der Waals surface area contributed by atoms with E-state index < -0.39 is 15.6 Å². The van der Waals surface area contributed by atoms with Crippen LogP contribution in [0.4, 0.5) is 0 Å². The van der Waals surface area contributed by atoms with Crippen LogP contribution in [-0.2, 0) is 27.5 Å². The van der Waals surface area contributed by atoms with Crippen LogP contribution in [0.25, 0.3) is 17.1 Å². The second kappa shape index (κ2) is 12.4. The second-order valence-electron chi connectivity index (χ2n) is 10.6. The average Bonchev–Trinajstić information content (AvgIpc) is 3.84. The number of unbranched alkanes of at least 4 members (excludes halogenated alkanes) is 1. The van der Waals surface area contributed by atoms with Gasteiger partial charge in [-0.05, 0) is 49.8 Å². The van der Waals surface area contributed by atoms with Crippen molar-refractivity contribution in [2.75, 3.05) is 12.9 Å². The molecule has 5 rings (SSSR count). The lowest BCUT2D eigenvalue weighted by Gasteiger charge is -2.15. The number of ether oxygens (including phenoxy) is 1. The van der Waals surface area contributed by atoms with Gasteiger partial charge in [-0.3, -0.25) is 9.59 Å². The summed E-state index contributed by atoms with van der Waals surface area (Å²) in [6.45, 7) is 3.87. The summed E-state index contributed by atoms with van der Waals surface area (Å²) in [4.78, 5) is 39.7. The molecule has 0 saturated heterocycles. The topological polar surface area (TPSA) is 121 Å². The average molecular weight is 587 g/mol. The molecule has 0 bridgehead atoms. The van der Waals surface area contributed by atoms with Gasteiger partial charge in [0, 0.05) is 23.5 Å². The first kappa shape index (κ1) is 29.3. The van der Waals surface area contributed by atoms with Crippen LogP contribution in [0, 0.1) is 12.8 Å². The molecule has 0 aliphatic heterocycles. The van der Waals surface area contributed by atoms with E-state index in [4.69, 9.17) is 9.72 Å². The molecule has 42 heavy (non-hydrogen) atoms. The number of methoxy groups -OCH3 is 1. The molecule has 2 aromatic carbocycles. The number of sulfone groups is 1.